The molecule has 90 valence electrons. The summed E-state index contributed by atoms with van der Waals surface area (Å²) in [4.78, 5) is 2.26. The number of fused-ring (bicyclic) bond motifs is 1. The number of nitrogens with two attached hydrogens (primary N) is 1. The van der Waals surface area contributed by atoms with Gasteiger partial charge in [0.1, 0.15) is 0 Å². The number of hydrogen-bond donors (Lipinski definition) is 1. The van der Waals surface area contributed by atoms with E-state index in [1.807, 2.05) is 6.92 Å². The third-order valence-electron chi connectivity index (χ3n) is 2.87. The van der Waals surface area contributed by atoms with E-state index >= 15 is 0 Å². The molecule has 0 amide bonds. The van der Waals surface area contributed by atoms with E-state index in [2.05, 4.69) is 54.4 Å². The number of benzene rings is 2. The lowest BCUT2D eigenvalue weighted by Crippen LogP contribution is -2.32. The molecule has 0 aliphatic rings. The Morgan fingerprint density at radius 1 is 1.12 bits per heavy atom. The second-order valence-corrected chi connectivity index (χ2v) is 4.86. The van der Waals surface area contributed by atoms with Gasteiger partial charge in [-0.1, -0.05) is 36.4 Å². The Labute approximate surface area is 103 Å². The minimum Gasteiger partial charge on any atom is -0.327 e. The van der Waals surface area contributed by atoms with E-state index in [1.165, 1.54) is 16.3 Å². The SMILES string of the molecule is CC(N)CN(C)Cc1ccc2ccccc2c1. The maximum atomic E-state index is 5.80. The predicted octanol–water partition coefficient (Wildman–Crippen LogP) is 2.62. The fourth-order valence-corrected chi connectivity index (χ4v) is 2.20. The molecule has 0 saturated heterocycles. The van der Waals surface area contributed by atoms with Crippen molar-refractivity contribution in [1.82, 2.24) is 4.90 Å². The lowest BCUT2D eigenvalue weighted by Gasteiger charge is -2.19. The van der Waals surface area contributed by atoms with Crippen molar-refractivity contribution in [2.75, 3.05) is 13.6 Å². The quantitative estimate of drug-likeness (QED) is 0.871. The predicted molar refractivity (Wildman–Crippen MR) is 73.9 cm³/mol. The zero-order valence-electron chi connectivity index (χ0n) is 10.6. The molecule has 17 heavy (non-hydrogen) atoms. The van der Waals surface area contributed by atoms with Crippen LogP contribution >= 0.6 is 0 Å². The summed E-state index contributed by atoms with van der Waals surface area (Å²) < 4.78 is 0. The summed E-state index contributed by atoms with van der Waals surface area (Å²) in [6.45, 7) is 3.91. The first-order valence-corrected chi connectivity index (χ1v) is 6.07. The van der Waals surface area contributed by atoms with E-state index in [1.54, 1.807) is 0 Å². The third kappa shape index (κ3) is 3.29. The van der Waals surface area contributed by atoms with Crippen LogP contribution in [0.5, 0.6) is 0 Å². The molecule has 0 spiro atoms. The average molecular weight is 228 g/mol. The molecule has 0 aliphatic heterocycles. The minimum atomic E-state index is 0.223. The van der Waals surface area contributed by atoms with E-state index in [0.717, 1.165) is 13.1 Å². The van der Waals surface area contributed by atoms with Crippen LogP contribution in [0.1, 0.15) is 12.5 Å². The molecule has 1 atom stereocenters. The van der Waals surface area contributed by atoms with Crippen molar-refractivity contribution in [1.29, 1.82) is 0 Å². The van der Waals surface area contributed by atoms with Crippen molar-refractivity contribution < 1.29 is 0 Å². The summed E-state index contributed by atoms with van der Waals surface area (Å²) >= 11 is 0. The van der Waals surface area contributed by atoms with Gasteiger partial charge >= 0.3 is 0 Å². The van der Waals surface area contributed by atoms with Crippen molar-refractivity contribution in [3.63, 3.8) is 0 Å². The Morgan fingerprint density at radius 2 is 1.82 bits per heavy atom. The summed E-state index contributed by atoms with van der Waals surface area (Å²) in [5.74, 6) is 0. The first-order valence-electron chi connectivity index (χ1n) is 6.07. The van der Waals surface area contributed by atoms with Gasteiger partial charge in [-0.25, -0.2) is 0 Å². The molecule has 0 radical (unpaired) electrons. The second-order valence-electron chi connectivity index (χ2n) is 4.86. The van der Waals surface area contributed by atoms with Gasteiger partial charge in [0.05, 0.1) is 0 Å². The molecular formula is C15H20N2. The summed E-state index contributed by atoms with van der Waals surface area (Å²) in [7, 11) is 2.11. The minimum absolute atomic E-state index is 0.223. The third-order valence-corrected chi connectivity index (χ3v) is 2.87. The number of likely N-dealkylation sites (N-methyl/N-ethyl adjacent to an activating group) is 1. The first-order chi connectivity index (χ1) is 8.15. The maximum absolute atomic E-state index is 5.80. The van der Waals surface area contributed by atoms with Crippen LogP contribution in [0, 0.1) is 0 Å². The first kappa shape index (κ1) is 12.1. The lowest BCUT2D eigenvalue weighted by molar-refractivity contribution is 0.310. The molecule has 0 bridgehead atoms. The normalized spacial score (nSPS) is 13.2. The lowest BCUT2D eigenvalue weighted by atomic mass is 10.1. The second kappa shape index (κ2) is 5.30. The highest BCUT2D eigenvalue weighted by Gasteiger charge is 2.03. The molecule has 2 rings (SSSR count). The van der Waals surface area contributed by atoms with Crippen LogP contribution in [0.25, 0.3) is 10.8 Å². The Kier molecular flexibility index (Phi) is 3.77. The molecule has 0 aliphatic carbocycles. The van der Waals surface area contributed by atoms with E-state index in [0.29, 0.717) is 0 Å². The van der Waals surface area contributed by atoms with Gasteiger partial charge in [-0.15, -0.1) is 0 Å². The van der Waals surface area contributed by atoms with E-state index in [9.17, 15) is 0 Å². The van der Waals surface area contributed by atoms with Gasteiger partial charge < -0.3 is 10.6 Å². The molecule has 2 aromatic rings. The molecule has 2 N–H and O–H groups in total. The van der Waals surface area contributed by atoms with E-state index < -0.39 is 0 Å². The molecule has 0 aromatic heterocycles. The standard InChI is InChI=1S/C15H20N2/c1-12(16)10-17(2)11-13-7-8-14-5-3-4-6-15(14)9-13/h3-9,12H,10-11,16H2,1-2H3. The van der Waals surface area contributed by atoms with Gasteiger partial charge in [-0.2, -0.15) is 0 Å². The molecule has 2 heteroatoms. The zero-order valence-corrected chi connectivity index (χ0v) is 10.6. The van der Waals surface area contributed by atoms with Crippen LogP contribution in [0.2, 0.25) is 0 Å². The van der Waals surface area contributed by atoms with Crippen molar-refractivity contribution in [2.24, 2.45) is 5.73 Å². The van der Waals surface area contributed by atoms with Crippen LogP contribution in [-0.2, 0) is 6.54 Å². The Morgan fingerprint density at radius 3 is 2.53 bits per heavy atom. The molecule has 0 saturated carbocycles. The van der Waals surface area contributed by atoms with Crippen LogP contribution < -0.4 is 5.73 Å². The molecule has 0 heterocycles. The summed E-state index contributed by atoms with van der Waals surface area (Å²) in [6, 6.07) is 15.3. The van der Waals surface area contributed by atoms with Gasteiger partial charge in [0.15, 0.2) is 0 Å². The van der Waals surface area contributed by atoms with Gasteiger partial charge in [0, 0.05) is 19.1 Å². The zero-order chi connectivity index (χ0) is 12.3. The molecule has 1 unspecified atom stereocenters. The van der Waals surface area contributed by atoms with Crippen molar-refractivity contribution in [3.05, 3.63) is 48.0 Å². The van der Waals surface area contributed by atoms with Crippen molar-refractivity contribution >= 4 is 10.8 Å². The summed E-state index contributed by atoms with van der Waals surface area (Å²) in [6.07, 6.45) is 0. The van der Waals surface area contributed by atoms with Gasteiger partial charge in [0.2, 0.25) is 0 Å². The smallest absolute Gasteiger partial charge is 0.0231 e. The number of nitrogens with zero attached hydrogens (tertiary/aromatic N) is 1. The topological polar surface area (TPSA) is 29.3 Å². The fraction of sp³-hybridized carbons (Fsp3) is 0.333. The average Bonchev–Trinajstić information content (AvgIpc) is 2.27. The van der Waals surface area contributed by atoms with Crippen LogP contribution in [0.4, 0.5) is 0 Å². The molecule has 2 aromatic carbocycles. The Balaban J connectivity index is 2.14. The monoisotopic (exact) mass is 228 g/mol. The summed E-state index contributed by atoms with van der Waals surface area (Å²) in [5, 5.41) is 2.60. The van der Waals surface area contributed by atoms with E-state index in [-0.39, 0.29) is 6.04 Å². The van der Waals surface area contributed by atoms with Crippen molar-refractivity contribution in [3.8, 4) is 0 Å². The van der Waals surface area contributed by atoms with Gasteiger partial charge in [-0.3, -0.25) is 0 Å². The summed E-state index contributed by atoms with van der Waals surface area (Å²) in [5.41, 5.74) is 7.14. The Bertz CT molecular complexity index is 491. The molecule has 0 fully saturated rings. The number of rotatable bonds is 4. The highest BCUT2D eigenvalue weighted by molar-refractivity contribution is 5.82. The van der Waals surface area contributed by atoms with E-state index in [4.69, 9.17) is 5.73 Å². The Hall–Kier alpha value is -1.38. The largest absolute Gasteiger partial charge is 0.327 e. The molecule has 2 nitrogen and oxygen atoms in total. The van der Waals surface area contributed by atoms with Crippen LogP contribution in [0.15, 0.2) is 42.5 Å². The highest BCUT2D eigenvalue weighted by atomic mass is 15.1. The van der Waals surface area contributed by atoms with Crippen molar-refractivity contribution in [2.45, 2.75) is 19.5 Å². The highest BCUT2D eigenvalue weighted by Crippen LogP contribution is 2.16. The molecular weight excluding hydrogens is 208 g/mol. The van der Waals surface area contributed by atoms with Crippen LogP contribution in [0.3, 0.4) is 0 Å². The number of hydrogen-bond acceptors (Lipinski definition) is 2. The van der Waals surface area contributed by atoms with Gasteiger partial charge in [0.25, 0.3) is 0 Å². The fourth-order valence-electron chi connectivity index (χ4n) is 2.20. The van der Waals surface area contributed by atoms with Gasteiger partial charge in [-0.05, 0) is 36.4 Å². The maximum Gasteiger partial charge on any atom is 0.0231 e. The van der Waals surface area contributed by atoms with Crippen LogP contribution in [-0.4, -0.2) is 24.5 Å².